The van der Waals surface area contributed by atoms with Gasteiger partial charge in [-0.05, 0) is 50.4 Å². The van der Waals surface area contributed by atoms with E-state index in [1.807, 2.05) is 14.0 Å². The number of hydrogen-bond donors (Lipinski definition) is 2. The van der Waals surface area contributed by atoms with Crippen molar-refractivity contribution in [1.29, 1.82) is 0 Å². The summed E-state index contributed by atoms with van der Waals surface area (Å²) in [5.74, 6) is 0.417. The van der Waals surface area contributed by atoms with Crippen molar-refractivity contribution in [3.8, 4) is 0 Å². The van der Waals surface area contributed by atoms with Crippen LogP contribution >= 0.6 is 12.4 Å². The monoisotopic (exact) mass is 403 g/mol. The fourth-order valence-corrected chi connectivity index (χ4v) is 4.92. The van der Waals surface area contributed by atoms with Crippen molar-refractivity contribution in [2.75, 3.05) is 26.7 Å². The zero-order chi connectivity index (χ0) is 18.6. The maximum atomic E-state index is 12.9. The first-order chi connectivity index (χ1) is 11.7. The highest BCUT2D eigenvalue weighted by Gasteiger charge is 2.31. The number of benzene rings is 1. The van der Waals surface area contributed by atoms with E-state index < -0.39 is 10.0 Å². The van der Waals surface area contributed by atoms with Crippen molar-refractivity contribution in [2.24, 2.45) is 11.8 Å². The van der Waals surface area contributed by atoms with E-state index in [2.05, 4.69) is 24.5 Å². The van der Waals surface area contributed by atoms with Crippen molar-refractivity contribution in [3.63, 3.8) is 0 Å². The number of likely N-dealkylation sites (N-methyl/N-ethyl adjacent to an activating group) is 1. The molecule has 0 spiro atoms. The van der Waals surface area contributed by atoms with E-state index in [1.165, 1.54) is 6.07 Å². The van der Waals surface area contributed by atoms with Gasteiger partial charge in [0, 0.05) is 31.2 Å². The van der Waals surface area contributed by atoms with E-state index in [1.54, 1.807) is 22.5 Å². The molecule has 1 saturated heterocycles. The Bertz CT molecular complexity index is 701. The lowest BCUT2D eigenvalue weighted by Gasteiger charge is -2.34. The highest BCUT2D eigenvalue weighted by atomic mass is 35.5. The van der Waals surface area contributed by atoms with Gasteiger partial charge < -0.3 is 10.6 Å². The largest absolute Gasteiger partial charge is 0.350 e. The molecule has 3 atom stereocenters. The Balaban J connectivity index is 0.00000338. The summed E-state index contributed by atoms with van der Waals surface area (Å²) in [6.45, 7) is 7.65. The quantitative estimate of drug-likeness (QED) is 0.762. The molecule has 148 valence electrons. The van der Waals surface area contributed by atoms with E-state index in [0.717, 1.165) is 6.42 Å². The summed E-state index contributed by atoms with van der Waals surface area (Å²) in [6, 6.07) is 6.44. The predicted octanol–water partition coefficient (Wildman–Crippen LogP) is 2.11. The Labute approximate surface area is 163 Å². The van der Waals surface area contributed by atoms with Gasteiger partial charge in [-0.2, -0.15) is 4.31 Å². The minimum absolute atomic E-state index is 0. The number of amides is 1. The van der Waals surface area contributed by atoms with Gasteiger partial charge >= 0.3 is 0 Å². The van der Waals surface area contributed by atoms with Crippen LogP contribution in [0.4, 0.5) is 0 Å². The van der Waals surface area contributed by atoms with E-state index in [0.29, 0.717) is 37.0 Å². The molecule has 3 unspecified atom stereocenters. The molecular weight excluding hydrogens is 374 g/mol. The molecule has 0 saturated carbocycles. The second-order valence-corrected chi connectivity index (χ2v) is 9.13. The molecule has 0 aliphatic carbocycles. The van der Waals surface area contributed by atoms with Gasteiger partial charge in [-0.25, -0.2) is 8.42 Å². The molecule has 1 aromatic rings. The zero-order valence-electron chi connectivity index (χ0n) is 15.9. The molecule has 1 fully saturated rings. The average Bonchev–Trinajstić information content (AvgIpc) is 2.58. The van der Waals surface area contributed by atoms with Gasteiger partial charge in [0.15, 0.2) is 0 Å². The van der Waals surface area contributed by atoms with Gasteiger partial charge in [-0.3, -0.25) is 4.79 Å². The van der Waals surface area contributed by atoms with E-state index >= 15 is 0 Å². The molecule has 0 radical (unpaired) electrons. The molecular formula is C18H30ClN3O3S. The SMILES string of the molecule is CNC(C)CNC(=O)c1cccc(S(=O)(=O)N2CC(C)CC(C)C2)c1.Cl. The lowest BCUT2D eigenvalue weighted by molar-refractivity contribution is 0.0950. The van der Waals surface area contributed by atoms with Gasteiger partial charge in [-0.1, -0.05) is 19.9 Å². The van der Waals surface area contributed by atoms with Crippen LogP contribution in [0, 0.1) is 11.8 Å². The standard InChI is InChI=1S/C18H29N3O3S.ClH/c1-13-8-14(2)12-21(11-13)25(23,24)17-7-5-6-16(9-17)18(22)20-10-15(3)19-4;/h5-7,9,13-15,19H,8,10-12H2,1-4H3,(H,20,22);1H. The van der Waals surface area contributed by atoms with Crippen molar-refractivity contribution >= 4 is 28.3 Å². The van der Waals surface area contributed by atoms with Crippen LogP contribution in [0.3, 0.4) is 0 Å². The topological polar surface area (TPSA) is 78.5 Å². The third kappa shape index (κ3) is 5.67. The Hall–Kier alpha value is -1.15. The number of carbonyl (C=O) groups is 1. The maximum Gasteiger partial charge on any atom is 0.251 e. The number of carbonyl (C=O) groups excluding carboxylic acids is 1. The van der Waals surface area contributed by atoms with E-state index in [9.17, 15) is 13.2 Å². The van der Waals surface area contributed by atoms with Crippen LogP contribution in [0.15, 0.2) is 29.2 Å². The van der Waals surface area contributed by atoms with Gasteiger partial charge in [0.1, 0.15) is 0 Å². The lowest BCUT2D eigenvalue weighted by atomic mass is 9.94. The number of piperidine rings is 1. The minimum atomic E-state index is -3.58. The summed E-state index contributed by atoms with van der Waals surface area (Å²) in [4.78, 5) is 12.5. The van der Waals surface area contributed by atoms with Crippen molar-refractivity contribution in [2.45, 2.75) is 38.1 Å². The first kappa shape index (κ1) is 22.9. The number of rotatable bonds is 6. The fourth-order valence-electron chi connectivity index (χ4n) is 3.20. The Morgan fingerprint density at radius 3 is 2.46 bits per heavy atom. The molecule has 0 bridgehead atoms. The third-order valence-electron chi connectivity index (χ3n) is 4.63. The number of hydrogen-bond acceptors (Lipinski definition) is 4. The first-order valence-electron chi connectivity index (χ1n) is 8.79. The van der Waals surface area contributed by atoms with Gasteiger partial charge in [-0.15, -0.1) is 12.4 Å². The molecule has 8 heteroatoms. The van der Waals surface area contributed by atoms with E-state index in [4.69, 9.17) is 0 Å². The molecule has 1 aliphatic heterocycles. The smallest absolute Gasteiger partial charge is 0.251 e. The van der Waals surface area contributed by atoms with Crippen LogP contribution in [0.1, 0.15) is 37.6 Å². The highest BCUT2D eigenvalue weighted by molar-refractivity contribution is 7.89. The Kier molecular flexibility index (Phi) is 8.53. The first-order valence-corrected chi connectivity index (χ1v) is 10.2. The zero-order valence-corrected chi connectivity index (χ0v) is 17.5. The summed E-state index contributed by atoms with van der Waals surface area (Å²) in [5, 5.41) is 5.85. The van der Waals surface area contributed by atoms with Crippen molar-refractivity contribution in [3.05, 3.63) is 29.8 Å². The molecule has 2 N–H and O–H groups in total. The molecule has 2 rings (SSSR count). The molecule has 1 amide bonds. The molecule has 0 aromatic heterocycles. The van der Waals surface area contributed by atoms with Gasteiger partial charge in [0.2, 0.25) is 10.0 Å². The van der Waals surface area contributed by atoms with Crippen molar-refractivity contribution in [1.82, 2.24) is 14.9 Å². The number of sulfonamides is 1. The van der Waals surface area contributed by atoms with Crippen LogP contribution in [-0.2, 0) is 10.0 Å². The van der Waals surface area contributed by atoms with Gasteiger partial charge in [0.25, 0.3) is 5.91 Å². The summed E-state index contributed by atoms with van der Waals surface area (Å²) in [7, 11) is -1.75. The normalized spacial score (nSPS) is 22.3. The van der Waals surface area contributed by atoms with Crippen LogP contribution in [0.25, 0.3) is 0 Å². The van der Waals surface area contributed by atoms with Crippen LogP contribution < -0.4 is 10.6 Å². The Morgan fingerprint density at radius 2 is 1.88 bits per heavy atom. The predicted molar refractivity (Wildman–Crippen MR) is 106 cm³/mol. The highest BCUT2D eigenvalue weighted by Crippen LogP contribution is 2.26. The third-order valence-corrected chi connectivity index (χ3v) is 6.46. The lowest BCUT2D eigenvalue weighted by Crippen LogP contribution is -2.42. The molecule has 1 aromatic carbocycles. The summed E-state index contributed by atoms with van der Waals surface area (Å²) >= 11 is 0. The summed E-state index contributed by atoms with van der Waals surface area (Å²) in [6.07, 6.45) is 1.04. The average molecular weight is 404 g/mol. The van der Waals surface area contributed by atoms with E-state index in [-0.39, 0.29) is 29.3 Å². The fraction of sp³-hybridized carbons (Fsp3) is 0.611. The molecule has 1 heterocycles. The minimum Gasteiger partial charge on any atom is -0.350 e. The number of nitrogens with zero attached hydrogens (tertiary/aromatic N) is 1. The number of halogens is 1. The summed E-state index contributed by atoms with van der Waals surface area (Å²) < 4.78 is 27.4. The molecule has 1 aliphatic rings. The van der Waals surface area contributed by atoms with Crippen molar-refractivity contribution < 1.29 is 13.2 Å². The molecule has 26 heavy (non-hydrogen) atoms. The second-order valence-electron chi connectivity index (χ2n) is 7.20. The van der Waals surface area contributed by atoms with Crippen LogP contribution in [0.5, 0.6) is 0 Å². The second kappa shape index (κ2) is 9.69. The number of nitrogens with one attached hydrogen (secondary N) is 2. The maximum absolute atomic E-state index is 12.9. The molecule has 6 nitrogen and oxygen atoms in total. The summed E-state index contributed by atoms with van der Waals surface area (Å²) in [5.41, 5.74) is 0.363. The van der Waals surface area contributed by atoms with Crippen LogP contribution in [-0.4, -0.2) is 51.4 Å². The van der Waals surface area contributed by atoms with Gasteiger partial charge in [0.05, 0.1) is 4.90 Å². The Morgan fingerprint density at radius 1 is 1.27 bits per heavy atom. The van der Waals surface area contributed by atoms with Crippen LogP contribution in [0.2, 0.25) is 0 Å².